The van der Waals surface area contributed by atoms with E-state index >= 15 is 0 Å². The van der Waals surface area contributed by atoms with Crippen molar-refractivity contribution in [3.05, 3.63) is 24.3 Å². The molecule has 2 saturated heterocycles. The first-order valence-corrected chi connectivity index (χ1v) is 13.1. The predicted molar refractivity (Wildman–Crippen MR) is 129 cm³/mol. The summed E-state index contributed by atoms with van der Waals surface area (Å²) in [6.45, 7) is 4.05. The zero-order chi connectivity index (χ0) is 22.7. The minimum absolute atomic E-state index is 0.147. The number of benzene rings is 1. The van der Waals surface area contributed by atoms with E-state index in [2.05, 4.69) is 22.2 Å². The monoisotopic (exact) mass is 458 g/mol. The van der Waals surface area contributed by atoms with Crippen molar-refractivity contribution in [3.63, 3.8) is 0 Å². The lowest BCUT2D eigenvalue weighted by molar-refractivity contribution is -0.146. The van der Waals surface area contributed by atoms with Gasteiger partial charge in [-0.3, -0.25) is 19.3 Å². The van der Waals surface area contributed by atoms with Gasteiger partial charge < -0.3 is 15.1 Å². The van der Waals surface area contributed by atoms with Crippen molar-refractivity contribution in [2.75, 3.05) is 55.5 Å². The van der Waals surface area contributed by atoms with Gasteiger partial charge in [0.05, 0.1) is 11.8 Å². The molecule has 8 heteroatoms. The first-order valence-electron chi connectivity index (χ1n) is 11.7. The van der Waals surface area contributed by atoms with Crippen molar-refractivity contribution in [2.24, 2.45) is 11.8 Å². The van der Waals surface area contributed by atoms with Crippen molar-refractivity contribution in [2.45, 2.75) is 38.1 Å². The molecule has 0 spiro atoms. The summed E-state index contributed by atoms with van der Waals surface area (Å²) in [5, 5.41) is 2.97. The fourth-order valence-electron chi connectivity index (χ4n) is 5.15. The second-order valence-electron chi connectivity index (χ2n) is 9.17. The molecule has 3 fully saturated rings. The van der Waals surface area contributed by atoms with Crippen LogP contribution in [0.1, 0.15) is 32.1 Å². The van der Waals surface area contributed by atoms with Crippen LogP contribution in [-0.4, -0.2) is 78.8 Å². The number of hydrogen-bond donors (Lipinski definition) is 1. The van der Waals surface area contributed by atoms with E-state index in [4.69, 9.17) is 0 Å². The van der Waals surface area contributed by atoms with Crippen LogP contribution in [-0.2, 0) is 14.4 Å². The lowest BCUT2D eigenvalue weighted by Crippen LogP contribution is -2.48. The van der Waals surface area contributed by atoms with Crippen LogP contribution in [0.4, 0.5) is 11.4 Å². The van der Waals surface area contributed by atoms with Crippen LogP contribution in [0.5, 0.6) is 0 Å². The van der Waals surface area contributed by atoms with Gasteiger partial charge >= 0.3 is 0 Å². The third-order valence-corrected chi connectivity index (χ3v) is 7.73. The number of piperazine rings is 1. The van der Waals surface area contributed by atoms with E-state index in [-0.39, 0.29) is 29.6 Å². The smallest absolute Gasteiger partial charge is 0.247 e. The third-order valence-electron chi connectivity index (χ3n) is 7.09. The van der Waals surface area contributed by atoms with Gasteiger partial charge in [-0.15, -0.1) is 0 Å². The molecule has 3 unspecified atom stereocenters. The summed E-state index contributed by atoms with van der Waals surface area (Å²) in [5.41, 5.74) is 1.84. The highest BCUT2D eigenvalue weighted by atomic mass is 32.2. The quantitative estimate of drug-likeness (QED) is 0.634. The predicted octanol–water partition coefficient (Wildman–Crippen LogP) is 2.67. The maximum atomic E-state index is 13.2. The zero-order valence-corrected chi connectivity index (χ0v) is 19.9. The second-order valence-corrected chi connectivity index (χ2v) is 10.2. The number of anilines is 2. The number of fused-ring (bicyclic) bond motifs is 1. The number of likely N-dealkylation sites (tertiary alicyclic amines) is 1. The Balaban J connectivity index is 1.45. The highest BCUT2D eigenvalue weighted by molar-refractivity contribution is 7.98. The van der Waals surface area contributed by atoms with Gasteiger partial charge in [0.1, 0.15) is 6.04 Å². The molecule has 1 aliphatic carbocycles. The van der Waals surface area contributed by atoms with Crippen molar-refractivity contribution in [3.8, 4) is 0 Å². The lowest BCUT2D eigenvalue weighted by Gasteiger charge is -2.34. The number of rotatable bonds is 7. The van der Waals surface area contributed by atoms with Crippen LogP contribution in [0.25, 0.3) is 0 Å². The SMILES string of the molecule is CSCCC(C(=O)Nc1ccc(N2CCN(C)CC2)cc1)N1C(=O)C2CCCCC2C1=O. The highest BCUT2D eigenvalue weighted by Crippen LogP contribution is 2.39. The molecule has 3 aliphatic rings. The molecule has 1 N–H and O–H groups in total. The average molecular weight is 459 g/mol. The van der Waals surface area contributed by atoms with Gasteiger partial charge in [-0.2, -0.15) is 11.8 Å². The van der Waals surface area contributed by atoms with E-state index in [1.54, 1.807) is 11.8 Å². The second kappa shape index (κ2) is 10.3. The lowest BCUT2D eigenvalue weighted by atomic mass is 9.81. The Morgan fingerprint density at radius 2 is 1.62 bits per heavy atom. The molecule has 4 rings (SSSR count). The summed E-state index contributed by atoms with van der Waals surface area (Å²) >= 11 is 1.62. The molecule has 1 saturated carbocycles. The van der Waals surface area contributed by atoms with Crippen LogP contribution in [0.2, 0.25) is 0 Å². The Morgan fingerprint density at radius 3 is 2.19 bits per heavy atom. The average Bonchev–Trinajstić information content (AvgIpc) is 3.06. The van der Waals surface area contributed by atoms with Crippen LogP contribution >= 0.6 is 11.8 Å². The molecule has 2 aliphatic heterocycles. The fraction of sp³-hybridized carbons (Fsp3) is 0.625. The number of imide groups is 1. The number of nitrogens with one attached hydrogen (secondary N) is 1. The van der Waals surface area contributed by atoms with Crippen molar-refractivity contribution < 1.29 is 14.4 Å². The summed E-state index contributed by atoms with van der Waals surface area (Å²) in [4.78, 5) is 45.3. The van der Waals surface area contributed by atoms with E-state index in [1.165, 1.54) is 4.90 Å². The van der Waals surface area contributed by atoms with E-state index in [0.29, 0.717) is 17.9 Å². The highest BCUT2D eigenvalue weighted by Gasteiger charge is 2.51. The Labute approximate surface area is 194 Å². The molecule has 2 heterocycles. The largest absolute Gasteiger partial charge is 0.369 e. The fourth-order valence-corrected chi connectivity index (χ4v) is 5.61. The Hall–Kier alpha value is -2.06. The maximum Gasteiger partial charge on any atom is 0.247 e. The van der Waals surface area contributed by atoms with Gasteiger partial charge in [-0.05, 0) is 62.6 Å². The number of carbonyl (C=O) groups is 3. The summed E-state index contributed by atoms with van der Waals surface area (Å²) in [6.07, 6.45) is 5.93. The third kappa shape index (κ3) is 4.81. The normalized spacial score (nSPS) is 25.1. The van der Waals surface area contributed by atoms with E-state index in [0.717, 1.165) is 57.5 Å². The Morgan fingerprint density at radius 1 is 1.03 bits per heavy atom. The van der Waals surface area contributed by atoms with Gasteiger partial charge in [-0.25, -0.2) is 0 Å². The van der Waals surface area contributed by atoms with Gasteiger partial charge in [0.25, 0.3) is 0 Å². The number of carbonyl (C=O) groups excluding carboxylic acids is 3. The van der Waals surface area contributed by atoms with Gasteiger partial charge in [0.15, 0.2) is 0 Å². The number of thioether (sulfide) groups is 1. The topological polar surface area (TPSA) is 73.0 Å². The minimum Gasteiger partial charge on any atom is -0.369 e. The van der Waals surface area contributed by atoms with Crippen LogP contribution < -0.4 is 10.2 Å². The molecule has 0 radical (unpaired) electrons. The van der Waals surface area contributed by atoms with Crippen molar-refractivity contribution in [1.29, 1.82) is 0 Å². The van der Waals surface area contributed by atoms with E-state index < -0.39 is 6.04 Å². The van der Waals surface area contributed by atoms with Crippen molar-refractivity contribution in [1.82, 2.24) is 9.80 Å². The van der Waals surface area contributed by atoms with E-state index in [9.17, 15) is 14.4 Å². The molecule has 3 amide bonds. The molecule has 7 nitrogen and oxygen atoms in total. The van der Waals surface area contributed by atoms with Crippen LogP contribution in [0.15, 0.2) is 24.3 Å². The first-order chi connectivity index (χ1) is 15.5. The Bertz CT molecular complexity index is 814. The first kappa shape index (κ1) is 23.1. The summed E-state index contributed by atoms with van der Waals surface area (Å²) in [6, 6.07) is 7.12. The summed E-state index contributed by atoms with van der Waals surface area (Å²) < 4.78 is 0. The van der Waals surface area contributed by atoms with Crippen molar-refractivity contribution >= 4 is 40.9 Å². The molecule has 3 atom stereocenters. The number of likely N-dealkylation sites (N-methyl/N-ethyl adjacent to an activating group) is 1. The summed E-state index contributed by atoms with van der Waals surface area (Å²) in [7, 11) is 2.13. The molecule has 0 bridgehead atoms. The molecule has 174 valence electrons. The molecule has 1 aromatic rings. The molecular formula is C24H34N4O3S. The number of hydrogen-bond acceptors (Lipinski definition) is 6. The van der Waals surface area contributed by atoms with Gasteiger partial charge in [0.2, 0.25) is 17.7 Å². The van der Waals surface area contributed by atoms with Gasteiger partial charge in [-0.1, -0.05) is 12.8 Å². The summed E-state index contributed by atoms with van der Waals surface area (Å²) in [5.74, 6) is -0.316. The standard InChI is InChI=1S/C24H34N4O3S/c1-26-12-14-27(15-13-26)18-9-7-17(8-10-18)25-22(29)21(11-16-32-2)28-23(30)19-5-3-4-6-20(19)24(28)31/h7-10,19-21H,3-6,11-16H2,1-2H3,(H,25,29). The maximum absolute atomic E-state index is 13.2. The minimum atomic E-state index is -0.745. The number of nitrogens with zero attached hydrogens (tertiary/aromatic N) is 3. The molecule has 32 heavy (non-hydrogen) atoms. The van der Waals surface area contributed by atoms with E-state index in [1.807, 2.05) is 30.5 Å². The molecule has 1 aromatic carbocycles. The molecule has 0 aromatic heterocycles. The van der Waals surface area contributed by atoms with Crippen LogP contribution in [0.3, 0.4) is 0 Å². The molecular weight excluding hydrogens is 424 g/mol. The van der Waals surface area contributed by atoms with Gasteiger partial charge in [0, 0.05) is 37.6 Å². The zero-order valence-electron chi connectivity index (χ0n) is 19.1. The number of amides is 3. The van der Waals surface area contributed by atoms with Crippen LogP contribution in [0, 0.1) is 11.8 Å². The Kier molecular flexibility index (Phi) is 7.40.